The van der Waals surface area contributed by atoms with Crippen LogP contribution >= 0.6 is 11.6 Å². The van der Waals surface area contributed by atoms with Crippen molar-refractivity contribution in [3.05, 3.63) is 88.3 Å². The van der Waals surface area contributed by atoms with Crippen molar-refractivity contribution in [3.63, 3.8) is 0 Å². The van der Waals surface area contributed by atoms with E-state index in [2.05, 4.69) is 5.32 Å². The molecule has 1 aromatic heterocycles. The van der Waals surface area contributed by atoms with Crippen LogP contribution in [-0.4, -0.2) is 16.8 Å². The smallest absolute Gasteiger partial charge is 0.329 e. The van der Waals surface area contributed by atoms with Gasteiger partial charge in [0.2, 0.25) is 0 Å². The van der Waals surface area contributed by atoms with E-state index in [4.69, 9.17) is 16.0 Å². The topological polar surface area (TPSA) is 62.6 Å². The van der Waals surface area contributed by atoms with Crippen molar-refractivity contribution < 1.29 is 14.0 Å². The molecule has 4 rings (SSSR count). The summed E-state index contributed by atoms with van der Waals surface area (Å²) in [7, 11) is 0. The molecule has 1 saturated heterocycles. The van der Waals surface area contributed by atoms with E-state index in [-0.39, 0.29) is 18.1 Å². The van der Waals surface area contributed by atoms with Gasteiger partial charge in [-0.2, -0.15) is 0 Å². The molecule has 0 bridgehead atoms. The number of hydrogen-bond acceptors (Lipinski definition) is 3. The van der Waals surface area contributed by atoms with Gasteiger partial charge in [-0.05, 0) is 36.8 Å². The van der Waals surface area contributed by atoms with E-state index in [0.717, 1.165) is 16.7 Å². The Bertz CT molecular complexity index is 1080. The van der Waals surface area contributed by atoms with Gasteiger partial charge in [-0.3, -0.25) is 9.69 Å². The molecule has 3 aromatic rings. The molecule has 3 amide bonds. The molecule has 28 heavy (non-hydrogen) atoms. The Morgan fingerprint density at radius 1 is 1.07 bits per heavy atom. The van der Waals surface area contributed by atoms with Crippen LogP contribution in [0.1, 0.15) is 16.9 Å². The van der Waals surface area contributed by atoms with E-state index in [0.29, 0.717) is 16.5 Å². The second-order valence-electron chi connectivity index (χ2n) is 6.58. The molecule has 0 atom stereocenters. The highest BCUT2D eigenvalue weighted by molar-refractivity contribution is 6.30. The maximum atomic E-state index is 12.6. The van der Waals surface area contributed by atoms with Crippen LogP contribution in [0, 0.1) is 6.92 Å². The summed E-state index contributed by atoms with van der Waals surface area (Å²) >= 11 is 6.01. The average Bonchev–Trinajstić information content (AvgIpc) is 3.24. The largest absolute Gasteiger partial charge is 0.457 e. The lowest BCUT2D eigenvalue weighted by atomic mass is 10.1. The molecule has 1 aliphatic rings. The lowest BCUT2D eigenvalue weighted by Crippen LogP contribution is -2.30. The Hall–Kier alpha value is -3.31. The number of halogens is 1. The predicted octanol–water partition coefficient (Wildman–Crippen LogP) is 5.00. The molecule has 1 aliphatic heterocycles. The molecular weight excluding hydrogens is 376 g/mol. The van der Waals surface area contributed by atoms with Gasteiger partial charge >= 0.3 is 6.03 Å². The zero-order chi connectivity index (χ0) is 19.7. The van der Waals surface area contributed by atoms with Gasteiger partial charge in [0.05, 0.1) is 6.54 Å². The van der Waals surface area contributed by atoms with Crippen molar-refractivity contribution in [2.75, 3.05) is 0 Å². The Morgan fingerprint density at radius 2 is 1.86 bits per heavy atom. The van der Waals surface area contributed by atoms with Crippen molar-refractivity contribution in [2.24, 2.45) is 0 Å². The van der Waals surface area contributed by atoms with E-state index < -0.39 is 6.03 Å². The monoisotopic (exact) mass is 392 g/mol. The van der Waals surface area contributed by atoms with E-state index in [1.54, 1.807) is 24.3 Å². The number of carbonyl (C=O) groups excluding carboxylic acids is 2. The summed E-state index contributed by atoms with van der Waals surface area (Å²) in [6.45, 7) is 2.20. The Morgan fingerprint density at radius 3 is 2.61 bits per heavy atom. The molecule has 2 aromatic carbocycles. The van der Waals surface area contributed by atoms with Gasteiger partial charge < -0.3 is 9.73 Å². The van der Waals surface area contributed by atoms with Crippen molar-refractivity contribution in [3.8, 4) is 11.3 Å². The van der Waals surface area contributed by atoms with Crippen LogP contribution in [0.15, 0.2) is 70.8 Å². The minimum Gasteiger partial charge on any atom is -0.457 e. The number of rotatable bonds is 4. The number of benzene rings is 2. The number of nitrogens with one attached hydrogen (secondary N) is 1. The summed E-state index contributed by atoms with van der Waals surface area (Å²) in [5, 5.41) is 3.22. The summed E-state index contributed by atoms with van der Waals surface area (Å²) < 4.78 is 5.78. The highest BCUT2D eigenvalue weighted by Crippen LogP contribution is 2.26. The number of carbonyl (C=O) groups is 2. The molecule has 0 spiro atoms. The van der Waals surface area contributed by atoms with Gasteiger partial charge in [-0.25, -0.2) is 4.79 Å². The summed E-state index contributed by atoms with van der Waals surface area (Å²) in [6.07, 6.45) is 1.53. The second kappa shape index (κ2) is 7.37. The first-order valence-electron chi connectivity index (χ1n) is 8.75. The second-order valence-corrected chi connectivity index (χ2v) is 7.01. The number of nitrogens with zero attached hydrogens (tertiary/aromatic N) is 1. The van der Waals surface area contributed by atoms with Gasteiger partial charge in [0.15, 0.2) is 0 Å². The molecule has 140 valence electrons. The van der Waals surface area contributed by atoms with E-state index in [1.165, 1.54) is 11.0 Å². The molecule has 6 heteroatoms. The lowest BCUT2D eigenvalue weighted by molar-refractivity contribution is -0.123. The first kappa shape index (κ1) is 18.1. The van der Waals surface area contributed by atoms with Crippen LogP contribution in [0.5, 0.6) is 0 Å². The van der Waals surface area contributed by atoms with Gasteiger partial charge in [0.25, 0.3) is 5.91 Å². The Kier molecular flexibility index (Phi) is 4.75. The van der Waals surface area contributed by atoms with Crippen molar-refractivity contribution in [2.45, 2.75) is 13.5 Å². The quantitative estimate of drug-likeness (QED) is 0.502. The molecule has 5 nitrogen and oxygen atoms in total. The molecule has 1 fully saturated rings. The van der Waals surface area contributed by atoms with Gasteiger partial charge in [-0.1, -0.05) is 53.6 Å². The molecule has 0 saturated carbocycles. The molecule has 0 aliphatic carbocycles. The maximum absolute atomic E-state index is 12.6. The van der Waals surface area contributed by atoms with Crippen LogP contribution in [0.2, 0.25) is 5.02 Å². The van der Waals surface area contributed by atoms with Crippen LogP contribution in [0.3, 0.4) is 0 Å². The first-order chi connectivity index (χ1) is 13.5. The van der Waals surface area contributed by atoms with Crippen molar-refractivity contribution >= 4 is 29.6 Å². The van der Waals surface area contributed by atoms with E-state index in [9.17, 15) is 9.59 Å². The highest BCUT2D eigenvalue weighted by Gasteiger charge is 2.33. The van der Waals surface area contributed by atoms with E-state index >= 15 is 0 Å². The Labute approximate surface area is 167 Å². The molecule has 2 heterocycles. The normalized spacial score (nSPS) is 15.4. The standard InChI is InChI=1S/C22H17ClN2O3/c1-14-5-7-15(8-6-14)13-25-21(26)19(24-22(25)27)12-18-9-10-20(28-18)16-3-2-4-17(23)11-16/h2-12H,13H2,1H3,(H,24,27)/b19-12-. The first-order valence-corrected chi connectivity index (χ1v) is 9.13. The summed E-state index contributed by atoms with van der Waals surface area (Å²) in [6, 6.07) is 18.1. The highest BCUT2D eigenvalue weighted by atomic mass is 35.5. The van der Waals surface area contributed by atoms with Gasteiger partial charge in [0.1, 0.15) is 17.2 Å². The number of aryl methyl sites for hydroxylation is 1. The molecular formula is C22H17ClN2O3. The minimum atomic E-state index is -0.446. The van der Waals surface area contributed by atoms with Crippen molar-refractivity contribution in [1.29, 1.82) is 0 Å². The van der Waals surface area contributed by atoms with E-state index in [1.807, 2.05) is 43.3 Å². The number of amides is 3. The molecule has 1 N–H and O–H groups in total. The van der Waals surface area contributed by atoms with Gasteiger partial charge in [-0.15, -0.1) is 0 Å². The minimum absolute atomic E-state index is 0.184. The maximum Gasteiger partial charge on any atom is 0.329 e. The zero-order valence-corrected chi connectivity index (χ0v) is 15.9. The fourth-order valence-electron chi connectivity index (χ4n) is 2.96. The van der Waals surface area contributed by atoms with Crippen LogP contribution < -0.4 is 5.32 Å². The van der Waals surface area contributed by atoms with Crippen LogP contribution in [0.4, 0.5) is 4.79 Å². The van der Waals surface area contributed by atoms with Crippen LogP contribution in [-0.2, 0) is 11.3 Å². The van der Waals surface area contributed by atoms with Crippen molar-refractivity contribution in [1.82, 2.24) is 10.2 Å². The summed E-state index contributed by atoms with van der Waals surface area (Å²) in [5.74, 6) is 0.713. The average molecular weight is 393 g/mol. The fourth-order valence-corrected chi connectivity index (χ4v) is 3.15. The van der Waals surface area contributed by atoms with Gasteiger partial charge in [0, 0.05) is 16.7 Å². The summed E-state index contributed by atoms with van der Waals surface area (Å²) in [4.78, 5) is 26.0. The number of hydrogen-bond donors (Lipinski definition) is 1. The predicted molar refractivity (Wildman–Crippen MR) is 107 cm³/mol. The molecule has 0 unspecified atom stereocenters. The third kappa shape index (κ3) is 3.70. The number of imide groups is 1. The number of furan rings is 1. The Balaban J connectivity index is 1.53. The molecule has 0 radical (unpaired) electrons. The number of urea groups is 1. The van der Waals surface area contributed by atoms with Crippen LogP contribution in [0.25, 0.3) is 17.4 Å². The third-order valence-electron chi connectivity index (χ3n) is 4.45. The lowest BCUT2D eigenvalue weighted by Gasteiger charge is -2.11. The SMILES string of the molecule is Cc1ccc(CN2C(=O)N/C(=C\c3ccc(-c4cccc(Cl)c4)o3)C2=O)cc1. The zero-order valence-electron chi connectivity index (χ0n) is 15.1. The summed E-state index contributed by atoms with van der Waals surface area (Å²) in [5.41, 5.74) is 3.02. The fraction of sp³-hybridized carbons (Fsp3) is 0.0909. The third-order valence-corrected chi connectivity index (χ3v) is 4.68.